The van der Waals surface area contributed by atoms with Crippen molar-refractivity contribution >= 4 is 22.6 Å². The summed E-state index contributed by atoms with van der Waals surface area (Å²) in [5.41, 5.74) is 0. The predicted octanol–water partition coefficient (Wildman–Crippen LogP) is 0.741. The molecule has 1 aliphatic heterocycles. The van der Waals surface area contributed by atoms with Gasteiger partial charge in [-0.1, -0.05) is 6.92 Å². The second-order valence-electron chi connectivity index (χ2n) is 5.25. The number of aromatic nitrogens is 2. The molecule has 0 bridgehead atoms. The normalized spacial score (nSPS) is 17.9. The lowest BCUT2D eigenvalue weighted by atomic mass is 10.1. The molecule has 1 aromatic rings. The molecule has 1 saturated heterocycles. The molecule has 1 unspecified atom stereocenters. The molecular formula is C13H23N5OS. The molecule has 1 aliphatic rings. The lowest BCUT2D eigenvalue weighted by molar-refractivity contribution is -0.134. The molecule has 2 rings (SSSR count). The van der Waals surface area contributed by atoms with E-state index in [0.717, 1.165) is 50.1 Å². The van der Waals surface area contributed by atoms with Crippen molar-refractivity contribution < 1.29 is 4.79 Å². The lowest BCUT2D eigenvalue weighted by Crippen LogP contribution is -2.40. The van der Waals surface area contributed by atoms with E-state index >= 15 is 0 Å². The zero-order chi connectivity index (χ0) is 14.5. The van der Waals surface area contributed by atoms with E-state index < -0.39 is 0 Å². The van der Waals surface area contributed by atoms with E-state index in [9.17, 15) is 4.79 Å². The van der Waals surface area contributed by atoms with Gasteiger partial charge < -0.3 is 15.1 Å². The number of hydrogen-bond acceptors (Lipinski definition) is 6. The van der Waals surface area contributed by atoms with Crippen LogP contribution in [0.25, 0.3) is 0 Å². The molecule has 1 atom stereocenters. The van der Waals surface area contributed by atoms with Crippen LogP contribution >= 0.6 is 11.5 Å². The summed E-state index contributed by atoms with van der Waals surface area (Å²) in [6.07, 6.45) is 0.983. The summed E-state index contributed by atoms with van der Waals surface area (Å²) < 4.78 is 4.23. The Balaban J connectivity index is 1.93. The Bertz CT molecular complexity index is 450. The summed E-state index contributed by atoms with van der Waals surface area (Å²) >= 11 is 1.44. The number of rotatable bonds is 4. The van der Waals surface area contributed by atoms with Crippen LogP contribution in [0.15, 0.2) is 0 Å². The quantitative estimate of drug-likeness (QED) is 0.888. The van der Waals surface area contributed by atoms with Crippen LogP contribution in [0.4, 0.5) is 5.13 Å². The van der Waals surface area contributed by atoms with E-state index in [0.29, 0.717) is 0 Å². The van der Waals surface area contributed by atoms with E-state index in [1.54, 1.807) is 0 Å². The fraction of sp³-hybridized carbons (Fsp3) is 0.769. The second kappa shape index (κ2) is 6.99. The van der Waals surface area contributed by atoms with Gasteiger partial charge in [0.15, 0.2) is 0 Å². The van der Waals surface area contributed by atoms with E-state index in [2.05, 4.69) is 19.6 Å². The third-order valence-electron chi connectivity index (χ3n) is 3.53. The molecule has 1 amide bonds. The van der Waals surface area contributed by atoms with Crippen LogP contribution in [0.3, 0.4) is 0 Å². The van der Waals surface area contributed by atoms with Crippen LogP contribution in [-0.4, -0.2) is 59.9 Å². The van der Waals surface area contributed by atoms with Crippen molar-refractivity contribution in [3.8, 4) is 0 Å². The van der Waals surface area contributed by atoms with Crippen molar-refractivity contribution in [3.05, 3.63) is 5.82 Å². The minimum absolute atomic E-state index is 0.0373. The fourth-order valence-corrected chi connectivity index (χ4v) is 3.17. The summed E-state index contributed by atoms with van der Waals surface area (Å²) in [6, 6.07) is 0. The number of anilines is 1. The third kappa shape index (κ3) is 3.67. The standard InChI is InChI=1S/C13H23N5OS/c1-10(9-14-3)12(19)17-5-4-6-18(8-7-17)13-15-11(2)16-20-13/h10,14H,4-9H2,1-3H3. The highest BCUT2D eigenvalue weighted by Crippen LogP contribution is 2.19. The van der Waals surface area contributed by atoms with Crippen LogP contribution in [0.2, 0.25) is 0 Å². The smallest absolute Gasteiger partial charge is 0.226 e. The van der Waals surface area contributed by atoms with Gasteiger partial charge in [-0.25, -0.2) is 4.98 Å². The maximum atomic E-state index is 12.3. The highest BCUT2D eigenvalue weighted by Gasteiger charge is 2.23. The summed E-state index contributed by atoms with van der Waals surface area (Å²) in [6.45, 7) is 8.01. The summed E-state index contributed by atoms with van der Waals surface area (Å²) in [7, 11) is 1.88. The Labute approximate surface area is 124 Å². The van der Waals surface area contributed by atoms with Crippen molar-refractivity contribution in [2.75, 3.05) is 44.7 Å². The molecular weight excluding hydrogens is 274 g/mol. The SMILES string of the molecule is CNCC(C)C(=O)N1CCCN(c2nc(C)ns2)CC1. The largest absolute Gasteiger partial charge is 0.345 e. The molecule has 0 aromatic carbocycles. The zero-order valence-electron chi connectivity index (χ0n) is 12.4. The molecule has 6 nitrogen and oxygen atoms in total. The van der Waals surface area contributed by atoms with Crippen LogP contribution in [0.1, 0.15) is 19.2 Å². The molecule has 0 spiro atoms. The van der Waals surface area contributed by atoms with E-state index in [1.165, 1.54) is 11.5 Å². The van der Waals surface area contributed by atoms with Crippen molar-refractivity contribution in [2.24, 2.45) is 5.92 Å². The number of nitrogens with one attached hydrogen (secondary N) is 1. The van der Waals surface area contributed by atoms with Gasteiger partial charge in [-0.15, -0.1) is 0 Å². The predicted molar refractivity (Wildman–Crippen MR) is 81.1 cm³/mol. The summed E-state index contributed by atoms with van der Waals surface area (Å²) in [5.74, 6) is 1.11. The third-order valence-corrected chi connectivity index (χ3v) is 4.40. The van der Waals surface area contributed by atoms with E-state index in [1.807, 2.05) is 25.8 Å². The Morgan fingerprint density at radius 1 is 1.40 bits per heavy atom. The lowest BCUT2D eigenvalue weighted by Gasteiger charge is -2.24. The molecule has 0 saturated carbocycles. The molecule has 1 fully saturated rings. The van der Waals surface area contributed by atoms with Gasteiger partial charge in [-0.3, -0.25) is 4.79 Å². The van der Waals surface area contributed by atoms with Crippen LogP contribution in [-0.2, 0) is 4.79 Å². The number of hydrogen-bond donors (Lipinski definition) is 1. The minimum Gasteiger partial charge on any atom is -0.345 e. The summed E-state index contributed by atoms with van der Waals surface area (Å²) in [5, 5.41) is 4.04. The van der Waals surface area contributed by atoms with Gasteiger partial charge in [0.1, 0.15) is 5.82 Å². The molecule has 20 heavy (non-hydrogen) atoms. The minimum atomic E-state index is 0.0373. The Morgan fingerprint density at radius 3 is 2.85 bits per heavy atom. The van der Waals surface area contributed by atoms with Crippen LogP contribution in [0.5, 0.6) is 0 Å². The highest BCUT2D eigenvalue weighted by molar-refractivity contribution is 7.09. The second-order valence-corrected chi connectivity index (χ2v) is 5.98. The van der Waals surface area contributed by atoms with Crippen molar-refractivity contribution in [1.82, 2.24) is 19.6 Å². The number of aryl methyl sites for hydroxylation is 1. The van der Waals surface area contributed by atoms with Gasteiger partial charge in [0.2, 0.25) is 11.0 Å². The monoisotopic (exact) mass is 297 g/mol. The van der Waals surface area contributed by atoms with Gasteiger partial charge in [-0.2, -0.15) is 4.37 Å². The molecule has 0 aliphatic carbocycles. The molecule has 1 N–H and O–H groups in total. The zero-order valence-corrected chi connectivity index (χ0v) is 13.2. The van der Waals surface area contributed by atoms with Crippen LogP contribution < -0.4 is 10.2 Å². The highest BCUT2D eigenvalue weighted by atomic mass is 32.1. The average molecular weight is 297 g/mol. The molecule has 112 valence electrons. The van der Waals surface area contributed by atoms with Crippen molar-refractivity contribution in [3.63, 3.8) is 0 Å². The van der Waals surface area contributed by atoms with Gasteiger partial charge in [0, 0.05) is 50.2 Å². The van der Waals surface area contributed by atoms with E-state index in [-0.39, 0.29) is 11.8 Å². The van der Waals surface area contributed by atoms with E-state index in [4.69, 9.17) is 0 Å². The first-order valence-corrected chi connectivity index (χ1v) is 7.87. The van der Waals surface area contributed by atoms with Gasteiger partial charge in [0.05, 0.1) is 0 Å². The van der Waals surface area contributed by atoms with Gasteiger partial charge in [-0.05, 0) is 20.4 Å². The first-order chi connectivity index (χ1) is 9.61. The van der Waals surface area contributed by atoms with Crippen molar-refractivity contribution in [2.45, 2.75) is 20.3 Å². The summed E-state index contributed by atoms with van der Waals surface area (Å²) in [4.78, 5) is 21.0. The van der Waals surface area contributed by atoms with Crippen molar-refractivity contribution in [1.29, 1.82) is 0 Å². The molecule has 7 heteroatoms. The number of nitrogens with zero attached hydrogens (tertiary/aromatic N) is 4. The Hall–Kier alpha value is -1.21. The fourth-order valence-electron chi connectivity index (χ4n) is 2.45. The number of amides is 1. The number of carbonyl (C=O) groups is 1. The first kappa shape index (κ1) is 15.2. The number of carbonyl (C=O) groups excluding carboxylic acids is 1. The molecule has 0 radical (unpaired) electrons. The molecule has 1 aromatic heterocycles. The topological polar surface area (TPSA) is 61.4 Å². The van der Waals surface area contributed by atoms with Crippen LogP contribution in [0, 0.1) is 12.8 Å². The molecule has 2 heterocycles. The maximum absolute atomic E-state index is 12.3. The Morgan fingerprint density at radius 2 is 2.20 bits per heavy atom. The first-order valence-electron chi connectivity index (χ1n) is 7.10. The van der Waals surface area contributed by atoms with Gasteiger partial charge >= 0.3 is 0 Å². The average Bonchev–Trinajstić information content (AvgIpc) is 2.72. The van der Waals surface area contributed by atoms with Gasteiger partial charge in [0.25, 0.3) is 0 Å². The Kier molecular flexibility index (Phi) is 5.31. The maximum Gasteiger partial charge on any atom is 0.226 e.